The third kappa shape index (κ3) is 3.48. The molecule has 2 aromatic rings. The zero-order valence-corrected chi connectivity index (χ0v) is 11.1. The van der Waals surface area contributed by atoms with Crippen molar-refractivity contribution in [2.24, 2.45) is 0 Å². The average Bonchev–Trinajstić information content (AvgIpc) is 2.46. The second-order valence-corrected chi connectivity index (χ2v) is 4.23. The van der Waals surface area contributed by atoms with E-state index in [2.05, 4.69) is 15.3 Å². The molecule has 0 aromatic carbocycles. The molecule has 2 rings (SSSR count). The molecule has 21 heavy (non-hydrogen) atoms. The Bertz CT molecular complexity index is 689. The number of rotatable bonds is 3. The first-order valence-electron chi connectivity index (χ1n) is 6.12. The maximum atomic E-state index is 12.9. The van der Waals surface area contributed by atoms with Crippen LogP contribution in [0.1, 0.15) is 18.1 Å². The molecule has 0 aliphatic heterocycles. The molecule has 0 radical (unpaired) electrons. The van der Waals surface area contributed by atoms with Gasteiger partial charge in [0, 0.05) is 24.5 Å². The Morgan fingerprint density at radius 1 is 1.24 bits per heavy atom. The molecular formula is C14H11F3N4. The van der Waals surface area contributed by atoms with Crippen LogP contribution in [-0.2, 0) is 6.18 Å². The number of nitrogens with one attached hydrogen (secondary N) is 1. The predicted molar refractivity (Wildman–Crippen MR) is 71.3 cm³/mol. The molecule has 1 N–H and O–H groups in total. The minimum atomic E-state index is -4.47. The van der Waals surface area contributed by atoms with Gasteiger partial charge in [-0.25, -0.2) is 4.98 Å². The van der Waals surface area contributed by atoms with Gasteiger partial charge in [-0.15, -0.1) is 0 Å². The van der Waals surface area contributed by atoms with Crippen molar-refractivity contribution >= 4 is 5.82 Å². The second-order valence-electron chi connectivity index (χ2n) is 4.23. The molecule has 0 fully saturated rings. The Hall–Kier alpha value is -2.62. The summed E-state index contributed by atoms with van der Waals surface area (Å²) in [5.74, 6) is 0.129. The first-order valence-corrected chi connectivity index (χ1v) is 6.12. The maximum absolute atomic E-state index is 12.9. The summed E-state index contributed by atoms with van der Waals surface area (Å²) in [4.78, 5) is 7.96. The van der Waals surface area contributed by atoms with Gasteiger partial charge in [-0.05, 0) is 25.1 Å². The van der Waals surface area contributed by atoms with Gasteiger partial charge in [0.15, 0.2) is 0 Å². The van der Waals surface area contributed by atoms with Crippen LogP contribution in [0.4, 0.5) is 19.0 Å². The lowest BCUT2D eigenvalue weighted by molar-refractivity contribution is -0.137. The molecular weight excluding hydrogens is 281 g/mol. The van der Waals surface area contributed by atoms with Crippen molar-refractivity contribution in [3.05, 3.63) is 41.7 Å². The fraction of sp³-hybridized carbons (Fsp3) is 0.214. The van der Waals surface area contributed by atoms with E-state index in [1.807, 2.05) is 6.07 Å². The normalized spacial score (nSPS) is 11.0. The van der Waals surface area contributed by atoms with Crippen LogP contribution >= 0.6 is 0 Å². The predicted octanol–water partition coefficient (Wildman–Crippen LogP) is 3.47. The third-order valence-corrected chi connectivity index (χ3v) is 2.67. The highest BCUT2D eigenvalue weighted by atomic mass is 19.4. The molecule has 0 saturated carbocycles. The summed E-state index contributed by atoms with van der Waals surface area (Å²) in [6.45, 7) is 2.21. The van der Waals surface area contributed by atoms with Gasteiger partial charge in [-0.3, -0.25) is 4.98 Å². The minimum Gasteiger partial charge on any atom is -0.370 e. The number of aromatic nitrogens is 2. The van der Waals surface area contributed by atoms with Crippen molar-refractivity contribution in [3.8, 4) is 17.3 Å². The van der Waals surface area contributed by atoms with Gasteiger partial charge >= 0.3 is 6.18 Å². The summed E-state index contributed by atoms with van der Waals surface area (Å²) >= 11 is 0. The van der Waals surface area contributed by atoms with Crippen LogP contribution in [0.25, 0.3) is 11.3 Å². The van der Waals surface area contributed by atoms with Crippen LogP contribution in [0.2, 0.25) is 0 Å². The molecule has 0 aliphatic rings. The minimum absolute atomic E-state index is 0.116. The van der Waals surface area contributed by atoms with Gasteiger partial charge in [0.2, 0.25) is 0 Å². The highest BCUT2D eigenvalue weighted by Crippen LogP contribution is 2.33. The molecule has 0 amide bonds. The summed E-state index contributed by atoms with van der Waals surface area (Å²) in [6, 6.07) is 5.24. The van der Waals surface area contributed by atoms with Crippen LogP contribution in [-0.4, -0.2) is 16.5 Å². The highest BCUT2D eigenvalue weighted by Gasteiger charge is 2.31. The summed E-state index contributed by atoms with van der Waals surface area (Å²) in [5, 5.41) is 11.6. The van der Waals surface area contributed by atoms with Crippen LogP contribution in [0.3, 0.4) is 0 Å². The van der Waals surface area contributed by atoms with Gasteiger partial charge in [0.05, 0.1) is 16.8 Å². The standard InChI is InChI=1S/C14H11F3N4/c1-2-20-13-5-11(14(15,16)17)4-12(21-13)10-3-9(6-18)7-19-8-10/h3-5,7-8H,2H2,1H3,(H,20,21). The number of hydrogen-bond acceptors (Lipinski definition) is 4. The number of nitrogens with zero attached hydrogens (tertiary/aromatic N) is 3. The zero-order chi connectivity index (χ0) is 15.5. The average molecular weight is 292 g/mol. The lowest BCUT2D eigenvalue weighted by Gasteiger charge is -2.12. The highest BCUT2D eigenvalue weighted by molar-refractivity contribution is 5.63. The summed E-state index contributed by atoms with van der Waals surface area (Å²) in [6.07, 6.45) is -1.76. The van der Waals surface area contributed by atoms with Crippen LogP contribution in [0, 0.1) is 11.3 Å². The smallest absolute Gasteiger partial charge is 0.370 e. The van der Waals surface area contributed by atoms with Crippen LogP contribution < -0.4 is 5.32 Å². The monoisotopic (exact) mass is 292 g/mol. The Balaban J connectivity index is 2.56. The molecule has 4 nitrogen and oxygen atoms in total. The molecule has 7 heteroatoms. The maximum Gasteiger partial charge on any atom is 0.416 e. The fourth-order valence-electron chi connectivity index (χ4n) is 1.75. The van der Waals surface area contributed by atoms with Gasteiger partial charge in [-0.2, -0.15) is 18.4 Å². The van der Waals surface area contributed by atoms with Gasteiger partial charge in [0.25, 0.3) is 0 Å². The van der Waals surface area contributed by atoms with E-state index in [0.717, 1.165) is 12.1 Å². The van der Waals surface area contributed by atoms with Crippen molar-refractivity contribution < 1.29 is 13.2 Å². The molecule has 0 atom stereocenters. The number of halogens is 3. The fourth-order valence-corrected chi connectivity index (χ4v) is 1.75. The molecule has 2 aromatic heterocycles. The van der Waals surface area contributed by atoms with Crippen molar-refractivity contribution in [1.82, 2.24) is 9.97 Å². The van der Waals surface area contributed by atoms with Crippen molar-refractivity contribution in [3.63, 3.8) is 0 Å². The Kier molecular flexibility index (Phi) is 4.08. The number of nitriles is 1. The quantitative estimate of drug-likeness (QED) is 0.941. The van der Waals surface area contributed by atoms with Gasteiger partial charge in [0.1, 0.15) is 11.9 Å². The van der Waals surface area contributed by atoms with E-state index in [1.54, 1.807) is 6.92 Å². The molecule has 0 unspecified atom stereocenters. The van der Waals surface area contributed by atoms with Crippen molar-refractivity contribution in [1.29, 1.82) is 5.26 Å². The second kappa shape index (κ2) is 5.79. The molecule has 0 bridgehead atoms. The first kappa shape index (κ1) is 14.8. The van der Waals surface area contributed by atoms with E-state index < -0.39 is 11.7 Å². The SMILES string of the molecule is CCNc1cc(C(F)(F)F)cc(-c2cncc(C#N)c2)n1. The van der Waals surface area contributed by atoms with E-state index >= 15 is 0 Å². The first-order chi connectivity index (χ1) is 9.94. The lowest BCUT2D eigenvalue weighted by Crippen LogP contribution is -2.08. The van der Waals surface area contributed by atoms with Crippen LogP contribution in [0.15, 0.2) is 30.6 Å². The van der Waals surface area contributed by atoms with Crippen LogP contribution in [0.5, 0.6) is 0 Å². The van der Waals surface area contributed by atoms with E-state index in [1.165, 1.54) is 18.5 Å². The zero-order valence-electron chi connectivity index (χ0n) is 11.1. The van der Waals surface area contributed by atoms with Gasteiger partial charge < -0.3 is 5.32 Å². The van der Waals surface area contributed by atoms with E-state index in [4.69, 9.17) is 5.26 Å². The third-order valence-electron chi connectivity index (χ3n) is 2.67. The lowest BCUT2D eigenvalue weighted by atomic mass is 10.1. The number of anilines is 1. The Labute approximate surface area is 119 Å². The molecule has 0 aliphatic carbocycles. The molecule has 2 heterocycles. The molecule has 0 spiro atoms. The topological polar surface area (TPSA) is 61.6 Å². The summed E-state index contributed by atoms with van der Waals surface area (Å²) in [7, 11) is 0. The largest absolute Gasteiger partial charge is 0.416 e. The van der Waals surface area contributed by atoms with Crippen molar-refractivity contribution in [2.75, 3.05) is 11.9 Å². The number of hydrogen-bond donors (Lipinski definition) is 1. The number of alkyl halides is 3. The molecule has 108 valence electrons. The van der Waals surface area contributed by atoms with E-state index in [-0.39, 0.29) is 17.1 Å². The number of pyridine rings is 2. The van der Waals surface area contributed by atoms with E-state index in [0.29, 0.717) is 12.1 Å². The summed E-state index contributed by atoms with van der Waals surface area (Å²) in [5.41, 5.74) is -0.0628. The van der Waals surface area contributed by atoms with Gasteiger partial charge in [-0.1, -0.05) is 0 Å². The Morgan fingerprint density at radius 3 is 2.62 bits per heavy atom. The van der Waals surface area contributed by atoms with E-state index in [9.17, 15) is 13.2 Å². The Morgan fingerprint density at radius 2 is 2.00 bits per heavy atom. The summed E-state index contributed by atoms with van der Waals surface area (Å²) < 4.78 is 38.8. The van der Waals surface area contributed by atoms with Crippen molar-refractivity contribution in [2.45, 2.75) is 13.1 Å². The molecule has 0 saturated heterocycles.